The van der Waals surface area contributed by atoms with E-state index in [1.807, 2.05) is 6.33 Å². The van der Waals surface area contributed by atoms with Crippen molar-refractivity contribution in [2.75, 3.05) is 13.2 Å². The molecule has 108 valence electrons. The Bertz CT molecular complexity index is 356. The average Bonchev–Trinajstić information content (AvgIpc) is 3.00. The summed E-state index contributed by atoms with van der Waals surface area (Å²) in [4.78, 5) is 4.43. The fourth-order valence-corrected chi connectivity index (χ4v) is 2.48. The Balaban J connectivity index is 1.62. The second-order valence-corrected chi connectivity index (χ2v) is 5.90. The van der Waals surface area contributed by atoms with Gasteiger partial charge >= 0.3 is 0 Å². The maximum absolute atomic E-state index is 5.64. The SMILES string of the molecule is CC(C)CNCc1cn(CCCC2CCCO2)cn1. The zero-order chi connectivity index (χ0) is 13.5. The van der Waals surface area contributed by atoms with Crippen LogP contribution in [0.1, 0.15) is 45.2 Å². The molecule has 0 aliphatic carbocycles. The molecule has 2 heterocycles. The molecule has 1 aromatic heterocycles. The molecule has 19 heavy (non-hydrogen) atoms. The summed E-state index contributed by atoms with van der Waals surface area (Å²) >= 11 is 0. The number of imidazole rings is 1. The largest absolute Gasteiger partial charge is 0.378 e. The van der Waals surface area contributed by atoms with E-state index in [0.29, 0.717) is 12.0 Å². The summed E-state index contributed by atoms with van der Waals surface area (Å²) in [5.74, 6) is 0.688. The molecule has 2 rings (SSSR count). The van der Waals surface area contributed by atoms with E-state index in [1.165, 1.54) is 25.7 Å². The van der Waals surface area contributed by atoms with Crippen molar-refractivity contribution in [1.82, 2.24) is 14.9 Å². The molecular formula is C15H27N3O. The highest BCUT2D eigenvalue weighted by molar-refractivity contribution is 4.96. The van der Waals surface area contributed by atoms with Crippen LogP contribution < -0.4 is 5.32 Å². The molecular weight excluding hydrogens is 238 g/mol. The van der Waals surface area contributed by atoms with Crippen LogP contribution in [0.4, 0.5) is 0 Å². The Morgan fingerprint density at radius 3 is 3.16 bits per heavy atom. The van der Waals surface area contributed by atoms with Gasteiger partial charge in [-0.2, -0.15) is 0 Å². The van der Waals surface area contributed by atoms with Gasteiger partial charge in [0.15, 0.2) is 0 Å². The lowest BCUT2D eigenvalue weighted by atomic mass is 10.1. The summed E-state index contributed by atoms with van der Waals surface area (Å²) in [5.41, 5.74) is 1.14. The first-order valence-electron chi connectivity index (χ1n) is 7.57. The van der Waals surface area contributed by atoms with Gasteiger partial charge in [-0.05, 0) is 38.1 Å². The topological polar surface area (TPSA) is 39.1 Å². The number of aryl methyl sites for hydroxylation is 1. The van der Waals surface area contributed by atoms with Crippen molar-refractivity contribution in [3.63, 3.8) is 0 Å². The van der Waals surface area contributed by atoms with Crippen LogP contribution in [0, 0.1) is 5.92 Å². The molecule has 1 N–H and O–H groups in total. The van der Waals surface area contributed by atoms with E-state index in [9.17, 15) is 0 Å². The standard InChI is InChI=1S/C15H27N3O/c1-13(2)9-16-10-14-11-18(12-17-14)7-3-5-15-6-4-8-19-15/h11-13,15-16H,3-10H2,1-2H3. The van der Waals surface area contributed by atoms with Crippen molar-refractivity contribution in [3.8, 4) is 0 Å². The van der Waals surface area contributed by atoms with Crippen LogP contribution in [-0.4, -0.2) is 28.8 Å². The minimum absolute atomic E-state index is 0.510. The first kappa shape index (κ1) is 14.5. The van der Waals surface area contributed by atoms with Gasteiger partial charge in [-0.25, -0.2) is 4.98 Å². The predicted octanol–water partition coefficient (Wildman–Crippen LogP) is 2.59. The molecule has 0 radical (unpaired) electrons. The van der Waals surface area contributed by atoms with E-state index in [4.69, 9.17) is 4.74 Å². The minimum Gasteiger partial charge on any atom is -0.378 e. The highest BCUT2D eigenvalue weighted by Gasteiger charge is 2.14. The van der Waals surface area contributed by atoms with Crippen LogP contribution in [0.25, 0.3) is 0 Å². The van der Waals surface area contributed by atoms with Gasteiger partial charge in [-0.15, -0.1) is 0 Å². The van der Waals surface area contributed by atoms with Gasteiger partial charge < -0.3 is 14.6 Å². The van der Waals surface area contributed by atoms with Crippen molar-refractivity contribution < 1.29 is 4.74 Å². The number of aromatic nitrogens is 2. The number of nitrogens with zero attached hydrogens (tertiary/aromatic N) is 2. The monoisotopic (exact) mass is 265 g/mol. The Morgan fingerprint density at radius 2 is 2.42 bits per heavy atom. The summed E-state index contributed by atoms with van der Waals surface area (Å²) in [6, 6.07) is 0. The predicted molar refractivity (Wildman–Crippen MR) is 77.0 cm³/mol. The van der Waals surface area contributed by atoms with Gasteiger partial charge in [0.2, 0.25) is 0 Å². The highest BCUT2D eigenvalue weighted by atomic mass is 16.5. The number of hydrogen-bond acceptors (Lipinski definition) is 3. The van der Waals surface area contributed by atoms with Gasteiger partial charge in [0, 0.05) is 25.9 Å². The van der Waals surface area contributed by atoms with Gasteiger partial charge in [-0.3, -0.25) is 0 Å². The van der Waals surface area contributed by atoms with Crippen molar-refractivity contribution in [2.24, 2.45) is 5.92 Å². The summed E-state index contributed by atoms with van der Waals surface area (Å²) < 4.78 is 7.83. The Hall–Kier alpha value is -0.870. The third-order valence-electron chi connectivity index (χ3n) is 3.51. The fourth-order valence-electron chi connectivity index (χ4n) is 2.48. The van der Waals surface area contributed by atoms with Crippen LogP contribution in [0.3, 0.4) is 0 Å². The van der Waals surface area contributed by atoms with Crippen LogP contribution in [0.15, 0.2) is 12.5 Å². The zero-order valence-corrected chi connectivity index (χ0v) is 12.3. The molecule has 0 bridgehead atoms. The van der Waals surface area contributed by atoms with Gasteiger partial charge in [0.25, 0.3) is 0 Å². The van der Waals surface area contributed by atoms with Gasteiger partial charge in [0.1, 0.15) is 0 Å². The fraction of sp³-hybridized carbons (Fsp3) is 0.800. The lowest BCUT2D eigenvalue weighted by molar-refractivity contribution is 0.101. The molecule has 0 spiro atoms. The van der Waals surface area contributed by atoms with E-state index < -0.39 is 0 Å². The molecule has 4 heteroatoms. The highest BCUT2D eigenvalue weighted by Crippen LogP contribution is 2.17. The second-order valence-electron chi connectivity index (χ2n) is 5.90. The number of hydrogen-bond donors (Lipinski definition) is 1. The third-order valence-corrected chi connectivity index (χ3v) is 3.51. The molecule has 0 aromatic carbocycles. The molecule has 1 atom stereocenters. The number of rotatable bonds is 8. The van der Waals surface area contributed by atoms with Crippen molar-refractivity contribution in [3.05, 3.63) is 18.2 Å². The lowest BCUT2D eigenvalue weighted by Crippen LogP contribution is -2.19. The molecule has 0 amide bonds. The summed E-state index contributed by atoms with van der Waals surface area (Å²) in [5, 5.41) is 3.42. The van der Waals surface area contributed by atoms with Crippen LogP contribution in [-0.2, 0) is 17.8 Å². The molecule has 1 saturated heterocycles. The molecule has 1 aliphatic heterocycles. The number of ether oxygens (including phenoxy) is 1. The Labute approximate surface area is 116 Å². The Morgan fingerprint density at radius 1 is 1.53 bits per heavy atom. The van der Waals surface area contributed by atoms with Crippen molar-refractivity contribution in [2.45, 2.75) is 58.7 Å². The maximum atomic E-state index is 5.64. The molecule has 0 saturated carbocycles. The number of nitrogens with one attached hydrogen (secondary N) is 1. The lowest BCUT2D eigenvalue weighted by Gasteiger charge is -2.08. The van der Waals surface area contributed by atoms with Crippen LogP contribution >= 0.6 is 0 Å². The van der Waals surface area contributed by atoms with E-state index in [2.05, 4.69) is 34.9 Å². The van der Waals surface area contributed by atoms with E-state index in [1.54, 1.807) is 0 Å². The quantitative estimate of drug-likeness (QED) is 0.785. The first-order chi connectivity index (χ1) is 9.24. The summed E-state index contributed by atoms with van der Waals surface area (Å²) in [7, 11) is 0. The first-order valence-corrected chi connectivity index (χ1v) is 7.57. The van der Waals surface area contributed by atoms with Crippen LogP contribution in [0.5, 0.6) is 0 Å². The normalized spacial score (nSPS) is 19.4. The molecule has 1 aromatic rings. The van der Waals surface area contributed by atoms with E-state index in [0.717, 1.165) is 31.9 Å². The molecule has 1 unspecified atom stereocenters. The van der Waals surface area contributed by atoms with Crippen molar-refractivity contribution in [1.29, 1.82) is 0 Å². The summed E-state index contributed by atoms with van der Waals surface area (Å²) in [6.45, 7) is 8.37. The summed E-state index contributed by atoms with van der Waals surface area (Å²) in [6.07, 6.45) is 9.45. The van der Waals surface area contributed by atoms with E-state index in [-0.39, 0.29) is 0 Å². The molecule has 1 aliphatic rings. The third kappa shape index (κ3) is 5.33. The maximum Gasteiger partial charge on any atom is 0.0949 e. The van der Waals surface area contributed by atoms with E-state index >= 15 is 0 Å². The minimum atomic E-state index is 0.510. The molecule has 1 fully saturated rings. The average molecular weight is 265 g/mol. The Kier molecular flexibility index (Phi) is 5.86. The van der Waals surface area contributed by atoms with Crippen LogP contribution in [0.2, 0.25) is 0 Å². The second kappa shape index (κ2) is 7.65. The molecule has 4 nitrogen and oxygen atoms in total. The van der Waals surface area contributed by atoms with Crippen molar-refractivity contribution >= 4 is 0 Å². The zero-order valence-electron chi connectivity index (χ0n) is 12.3. The van der Waals surface area contributed by atoms with Gasteiger partial charge in [-0.1, -0.05) is 13.8 Å². The smallest absolute Gasteiger partial charge is 0.0949 e. The van der Waals surface area contributed by atoms with Gasteiger partial charge in [0.05, 0.1) is 18.1 Å².